The lowest BCUT2D eigenvalue weighted by molar-refractivity contribution is -0.161. The number of rotatable bonds is 8. The van der Waals surface area contributed by atoms with E-state index in [1.54, 1.807) is 9.80 Å². The summed E-state index contributed by atoms with van der Waals surface area (Å²) in [7, 11) is 0. The molecule has 0 unspecified atom stereocenters. The Bertz CT molecular complexity index is 953. The molecule has 0 spiro atoms. The van der Waals surface area contributed by atoms with Crippen molar-refractivity contribution >= 4 is 17.7 Å². The zero-order chi connectivity index (χ0) is 25.4. The monoisotopic (exact) mass is 480 g/mol. The van der Waals surface area contributed by atoms with Gasteiger partial charge in [-0.05, 0) is 69.7 Å². The Morgan fingerprint density at radius 2 is 1.66 bits per heavy atom. The van der Waals surface area contributed by atoms with Crippen LogP contribution in [-0.4, -0.2) is 47.3 Å². The molecule has 1 aliphatic rings. The number of hydrogen-bond donors (Lipinski definition) is 1. The lowest BCUT2D eigenvalue weighted by Crippen LogP contribution is -2.44. The van der Waals surface area contributed by atoms with Gasteiger partial charge in [-0.1, -0.05) is 55.3 Å². The molecule has 2 amide bonds. The molecule has 2 aromatic carbocycles. The molecule has 0 radical (unpaired) electrons. The van der Waals surface area contributed by atoms with Crippen molar-refractivity contribution in [3.63, 3.8) is 0 Å². The van der Waals surface area contributed by atoms with Gasteiger partial charge in [0, 0.05) is 18.8 Å². The summed E-state index contributed by atoms with van der Waals surface area (Å²) in [5.74, 6) is -0.0666. The molecule has 190 valence electrons. The topological polar surface area (TPSA) is 70.1 Å². The molecular weight excluding hydrogens is 440 g/mol. The highest BCUT2D eigenvalue weighted by atomic mass is 16.6. The van der Waals surface area contributed by atoms with Gasteiger partial charge in [0.15, 0.2) is 0 Å². The van der Waals surface area contributed by atoms with Crippen LogP contribution < -0.4 is 4.90 Å². The maximum Gasteiger partial charge on any atom is 0.324 e. The van der Waals surface area contributed by atoms with E-state index in [2.05, 4.69) is 24.3 Å². The lowest BCUT2D eigenvalue weighted by atomic mass is 9.75. The van der Waals surface area contributed by atoms with Crippen molar-refractivity contribution in [2.24, 2.45) is 5.92 Å². The molecule has 2 aromatic rings. The van der Waals surface area contributed by atoms with Crippen LogP contribution in [-0.2, 0) is 16.1 Å². The number of anilines is 1. The predicted molar refractivity (Wildman–Crippen MR) is 139 cm³/mol. The quantitative estimate of drug-likeness (QED) is 0.489. The van der Waals surface area contributed by atoms with Crippen LogP contribution in [0.5, 0.6) is 0 Å². The average molecular weight is 481 g/mol. The molecule has 3 rings (SSSR count). The first kappa shape index (κ1) is 26.7. The van der Waals surface area contributed by atoms with Crippen LogP contribution in [0.15, 0.2) is 54.6 Å². The third kappa shape index (κ3) is 7.31. The molecule has 1 saturated carbocycles. The number of urea groups is 1. The third-order valence-corrected chi connectivity index (χ3v) is 6.54. The second kappa shape index (κ2) is 12.2. The van der Waals surface area contributed by atoms with E-state index in [1.165, 1.54) is 0 Å². The summed E-state index contributed by atoms with van der Waals surface area (Å²) in [5.41, 5.74) is 2.49. The first-order valence-electron chi connectivity index (χ1n) is 12.8. The highest BCUT2D eigenvalue weighted by molar-refractivity contribution is 5.92. The van der Waals surface area contributed by atoms with E-state index in [9.17, 15) is 14.7 Å². The van der Waals surface area contributed by atoms with E-state index >= 15 is 0 Å². The van der Waals surface area contributed by atoms with Crippen molar-refractivity contribution in [2.75, 3.05) is 24.6 Å². The SMILES string of the molecule is CCN(CCO)C(=O)N(Cc1ccc([C@@H]2CCCC[C@H]2C(=O)OC(C)(C)C)cc1)c1ccccc1. The fraction of sp³-hybridized carbons (Fsp3) is 0.517. The number of ether oxygens (including phenoxy) is 1. The molecule has 6 nitrogen and oxygen atoms in total. The third-order valence-electron chi connectivity index (χ3n) is 6.54. The van der Waals surface area contributed by atoms with Crippen LogP contribution in [0.25, 0.3) is 0 Å². The van der Waals surface area contributed by atoms with Crippen LogP contribution >= 0.6 is 0 Å². The summed E-state index contributed by atoms with van der Waals surface area (Å²) < 4.78 is 5.73. The van der Waals surface area contributed by atoms with Crippen molar-refractivity contribution in [1.29, 1.82) is 0 Å². The second-order valence-electron chi connectivity index (χ2n) is 10.3. The maximum absolute atomic E-state index is 13.3. The molecule has 0 heterocycles. The number of carbonyl (C=O) groups excluding carboxylic acids is 2. The van der Waals surface area contributed by atoms with Crippen molar-refractivity contribution in [1.82, 2.24) is 4.90 Å². The van der Waals surface area contributed by atoms with Gasteiger partial charge in [0.2, 0.25) is 0 Å². The van der Waals surface area contributed by atoms with Gasteiger partial charge in [-0.3, -0.25) is 9.69 Å². The molecule has 1 N–H and O–H groups in total. The van der Waals surface area contributed by atoms with Gasteiger partial charge in [-0.15, -0.1) is 0 Å². The van der Waals surface area contributed by atoms with Crippen LogP contribution in [0.4, 0.5) is 10.5 Å². The predicted octanol–water partition coefficient (Wildman–Crippen LogP) is 5.74. The average Bonchev–Trinajstić information content (AvgIpc) is 2.85. The van der Waals surface area contributed by atoms with Crippen molar-refractivity contribution in [3.05, 3.63) is 65.7 Å². The highest BCUT2D eigenvalue weighted by Gasteiger charge is 2.35. The summed E-state index contributed by atoms with van der Waals surface area (Å²) in [6, 6.07) is 17.8. The summed E-state index contributed by atoms with van der Waals surface area (Å²) in [5, 5.41) is 9.39. The van der Waals surface area contributed by atoms with Gasteiger partial charge in [-0.2, -0.15) is 0 Å². The molecule has 2 atom stereocenters. The zero-order valence-corrected chi connectivity index (χ0v) is 21.6. The Labute approximate surface area is 209 Å². The lowest BCUT2D eigenvalue weighted by Gasteiger charge is -2.33. The van der Waals surface area contributed by atoms with E-state index in [-0.39, 0.29) is 30.4 Å². The van der Waals surface area contributed by atoms with Gasteiger partial charge in [-0.25, -0.2) is 4.79 Å². The summed E-state index contributed by atoms with van der Waals surface area (Å²) in [4.78, 5) is 29.6. The molecule has 35 heavy (non-hydrogen) atoms. The number of aliphatic hydroxyl groups excluding tert-OH is 1. The van der Waals surface area contributed by atoms with Crippen molar-refractivity contribution < 1.29 is 19.4 Å². The van der Waals surface area contributed by atoms with Gasteiger partial charge < -0.3 is 14.7 Å². The van der Waals surface area contributed by atoms with Crippen molar-refractivity contribution in [3.8, 4) is 0 Å². The normalized spacial score (nSPS) is 18.1. The molecule has 0 saturated heterocycles. The molecule has 1 fully saturated rings. The largest absolute Gasteiger partial charge is 0.460 e. The minimum absolute atomic E-state index is 0.0723. The van der Waals surface area contributed by atoms with Gasteiger partial charge in [0.05, 0.1) is 19.1 Å². The maximum atomic E-state index is 13.3. The Balaban J connectivity index is 1.80. The number of aliphatic hydroxyl groups is 1. The first-order chi connectivity index (χ1) is 16.7. The summed E-state index contributed by atoms with van der Waals surface area (Å²) in [6.07, 6.45) is 3.99. The number of para-hydroxylation sites is 1. The molecule has 0 bridgehead atoms. The highest BCUT2D eigenvalue weighted by Crippen LogP contribution is 2.39. The number of nitrogens with zero attached hydrogens (tertiary/aromatic N) is 2. The van der Waals surface area contributed by atoms with E-state index in [4.69, 9.17) is 4.74 Å². The molecular formula is C29H40N2O4. The van der Waals surface area contributed by atoms with Gasteiger partial charge in [0.25, 0.3) is 0 Å². The number of esters is 1. The molecule has 0 aromatic heterocycles. The van der Waals surface area contributed by atoms with Crippen molar-refractivity contribution in [2.45, 2.75) is 71.4 Å². The Hall–Kier alpha value is -2.86. The van der Waals surface area contributed by atoms with Crippen LogP contribution in [0.3, 0.4) is 0 Å². The Kier molecular flexibility index (Phi) is 9.33. The molecule has 6 heteroatoms. The smallest absolute Gasteiger partial charge is 0.324 e. The number of hydrogen-bond acceptors (Lipinski definition) is 4. The summed E-state index contributed by atoms with van der Waals surface area (Å²) >= 11 is 0. The van der Waals surface area contributed by atoms with Crippen LogP contribution in [0, 0.1) is 5.92 Å². The fourth-order valence-corrected chi connectivity index (χ4v) is 4.80. The Morgan fingerprint density at radius 1 is 1.00 bits per heavy atom. The second-order valence-corrected chi connectivity index (χ2v) is 10.3. The zero-order valence-electron chi connectivity index (χ0n) is 21.6. The number of carbonyl (C=O) groups is 2. The molecule has 0 aliphatic heterocycles. The number of benzene rings is 2. The number of amides is 2. The van der Waals surface area contributed by atoms with Crippen LogP contribution in [0.1, 0.15) is 70.4 Å². The van der Waals surface area contributed by atoms with E-state index in [0.717, 1.165) is 42.5 Å². The van der Waals surface area contributed by atoms with Gasteiger partial charge >= 0.3 is 12.0 Å². The van der Waals surface area contributed by atoms with E-state index < -0.39 is 5.60 Å². The first-order valence-corrected chi connectivity index (χ1v) is 12.8. The van der Waals surface area contributed by atoms with Gasteiger partial charge in [0.1, 0.15) is 5.60 Å². The minimum Gasteiger partial charge on any atom is -0.460 e. The molecule has 1 aliphatic carbocycles. The minimum atomic E-state index is -0.487. The standard InChI is InChI=1S/C29H40N2O4/c1-5-30(19-20-32)28(34)31(24-11-7-6-8-12-24)21-22-15-17-23(18-16-22)25-13-9-10-14-26(25)27(33)35-29(2,3)4/h6-8,11-12,15-18,25-26,32H,5,9-10,13-14,19-21H2,1-4H3/t25-,26+/m0/s1. The number of likely N-dealkylation sites (N-methyl/N-ethyl adjacent to an activating group) is 1. The van der Waals surface area contributed by atoms with Crippen LogP contribution in [0.2, 0.25) is 0 Å². The van der Waals surface area contributed by atoms with E-state index in [1.807, 2.05) is 58.0 Å². The Morgan fingerprint density at radius 3 is 2.26 bits per heavy atom. The van der Waals surface area contributed by atoms with E-state index in [0.29, 0.717) is 19.6 Å². The summed E-state index contributed by atoms with van der Waals surface area (Å²) in [6.45, 7) is 8.83. The fourth-order valence-electron chi connectivity index (χ4n) is 4.80.